The molecule has 1 N–H and O–H groups in total. The molecule has 2 aromatic heterocycles. The number of ether oxygens (including phenoxy) is 2. The fourth-order valence-corrected chi connectivity index (χ4v) is 3.89. The Kier molecular flexibility index (Phi) is 4.85. The van der Waals surface area contributed by atoms with Gasteiger partial charge in [0, 0.05) is 48.2 Å². The highest BCUT2D eigenvalue weighted by Crippen LogP contribution is 2.35. The lowest BCUT2D eigenvalue weighted by atomic mass is 10.0. The molecular weight excluding hydrogens is 354 g/mol. The van der Waals surface area contributed by atoms with Crippen molar-refractivity contribution in [2.24, 2.45) is 7.05 Å². The molecule has 0 bridgehead atoms. The minimum atomic E-state index is 0.243. The van der Waals surface area contributed by atoms with Gasteiger partial charge >= 0.3 is 0 Å². The summed E-state index contributed by atoms with van der Waals surface area (Å²) in [5.74, 6) is 1.58. The molecule has 1 atom stereocenters. The third-order valence-corrected chi connectivity index (χ3v) is 5.40. The van der Waals surface area contributed by atoms with Gasteiger partial charge in [-0.25, -0.2) is 0 Å². The second-order valence-electron chi connectivity index (χ2n) is 7.47. The molecule has 0 fully saturated rings. The average Bonchev–Trinajstić information content (AvgIpc) is 3.22. The van der Waals surface area contributed by atoms with Gasteiger partial charge in [-0.3, -0.25) is 14.7 Å². The van der Waals surface area contributed by atoms with Gasteiger partial charge in [-0.15, -0.1) is 0 Å². The molecule has 3 aromatic rings. The molecule has 0 unspecified atom stereocenters. The quantitative estimate of drug-likeness (QED) is 0.734. The molecule has 28 heavy (non-hydrogen) atoms. The van der Waals surface area contributed by atoms with E-state index in [0.29, 0.717) is 13.2 Å². The lowest BCUT2D eigenvalue weighted by Gasteiger charge is -2.25. The summed E-state index contributed by atoms with van der Waals surface area (Å²) >= 11 is 0. The highest BCUT2D eigenvalue weighted by atomic mass is 16.6. The van der Waals surface area contributed by atoms with Gasteiger partial charge in [0.1, 0.15) is 13.2 Å². The number of aromatic nitrogens is 4. The maximum absolute atomic E-state index is 5.75. The number of benzene rings is 1. The first-order chi connectivity index (χ1) is 13.4. The molecule has 148 valence electrons. The zero-order chi connectivity index (χ0) is 19.8. The molecule has 0 saturated heterocycles. The van der Waals surface area contributed by atoms with Crippen molar-refractivity contribution in [3.05, 3.63) is 46.9 Å². The van der Waals surface area contributed by atoms with Crippen molar-refractivity contribution in [2.75, 3.05) is 20.3 Å². The third-order valence-electron chi connectivity index (χ3n) is 5.40. The van der Waals surface area contributed by atoms with Crippen molar-refractivity contribution in [2.45, 2.75) is 33.4 Å². The smallest absolute Gasteiger partial charge is 0.162 e. The first-order valence-electron chi connectivity index (χ1n) is 9.58. The second-order valence-corrected chi connectivity index (χ2v) is 7.47. The summed E-state index contributed by atoms with van der Waals surface area (Å²) in [6.07, 6.45) is 2.09. The topological polar surface area (TPSA) is 68.2 Å². The first kappa shape index (κ1) is 18.6. The zero-order valence-corrected chi connectivity index (χ0v) is 17.1. The summed E-state index contributed by atoms with van der Waals surface area (Å²) < 4.78 is 13.3. The Labute approximate surface area is 165 Å². The fourth-order valence-electron chi connectivity index (χ4n) is 3.89. The molecule has 0 spiro atoms. The number of aryl methyl sites for hydroxylation is 3. The van der Waals surface area contributed by atoms with Gasteiger partial charge in [-0.1, -0.05) is 0 Å². The normalized spacial score (nSPS) is 14.5. The Balaban J connectivity index is 1.61. The molecular formula is C21H27N5O2. The van der Waals surface area contributed by atoms with Crippen molar-refractivity contribution in [3.8, 4) is 22.8 Å². The van der Waals surface area contributed by atoms with Gasteiger partial charge in [0.15, 0.2) is 11.5 Å². The molecule has 3 heterocycles. The Bertz CT molecular complexity index is 971. The fraction of sp³-hybridized carbons (Fsp3) is 0.429. The largest absolute Gasteiger partial charge is 0.486 e. The van der Waals surface area contributed by atoms with Crippen molar-refractivity contribution < 1.29 is 9.47 Å². The van der Waals surface area contributed by atoms with E-state index < -0.39 is 0 Å². The van der Waals surface area contributed by atoms with Gasteiger partial charge in [-0.05, 0) is 46.0 Å². The van der Waals surface area contributed by atoms with Crippen molar-refractivity contribution in [1.29, 1.82) is 0 Å². The van der Waals surface area contributed by atoms with E-state index in [1.54, 1.807) is 0 Å². The molecule has 1 aromatic carbocycles. The summed E-state index contributed by atoms with van der Waals surface area (Å²) in [6, 6.07) is 6.28. The summed E-state index contributed by atoms with van der Waals surface area (Å²) in [5.41, 5.74) is 6.61. The summed E-state index contributed by atoms with van der Waals surface area (Å²) in [4.78, 5) is 2.32. The molecule has 0 amide bonds. The minimum Gasteiger partial charge on any atom is -0.486 e. The van der Waals surface area contributed by atoms with Gasteiger partial charge < -0.3 is 9.47 Å². The van der Waals surface area contributed by atoms with Crippen molar-refractivity contribution >= 4 is 0 Å². The Morgan fingerprint density at radius 2 is 1.96 bits per heavy atom. The van der Waals surface area contributed by atoms with Gasteiger partial charge in [0.2, 0.25) is 0 Å². The molecule has 0 radical (unpaired) electrons. The number of H-pyrrole nitrogens is 1. The van der Waals surface area contributed by atoms with Gasteiger partial charge in [-0.2, -0.15) is 10.2 Å². The maximum atomic E-state index is 5.75. The van der Waals surface area contributed by atoms with E-state index in [1.165, 1.54) is 11.1 Å². The molecule has 1 aliphatic rings. The lowest BCUT2D eigenvalue weighted by molar-refractivity contribution is 0.171. The van der Waals surface area contributed by atoms with E-state index in [2.05, 4.69) is 42.2 Å². The number of nitrogens with one attached hydrogen (secondary N) is 1. The summed E-state index contributed by atoms with van der Waals surface area (Å²) in [6.45, 7) is 8.29. The summed E-state index contributed by atoms with van der Waals surface area (Å²) in [5, 5.41) is 12.1. The van der Waals surface area contributed by atoms with Crippen LogP contribution >= 0.6 is 0 Å². The number of nitrogens with zero attached hydrogens (tertiary/aromatic N) is 4. The standard InChI is InChI=1S/C21H27N5O2/c1-13-20(14(2)23-22-13)15(3)25(4)11-17-12-26(5)24-21(17)16-6-7-18-19(10-16)28-9-8-27-18/h6-7,10,12,15H,8-9,11H2,1-5H3,(H,22,23)/t15-/m0/s1. The van der Waals surface area contributed by atoms with E-state index >= 15 is 0 Å². The van der Waals surface area contributed by atoms with Crippen LogP contribution in [0.3, 0.4) is 0 Å². The number of hydrogen-bond donors (Lipinski definition) is 1. The predicted octanol–water partition coefficient (Wildman–Crippen LogP) is 3.39. The monoisotopic (exact) mass is 381 g/mol. The molecule has 0 saturated carbocycles. The molecule has 0 aliphatic carbocycles. The number of fused-ring (bicyclic) bond motifs is 1. The highest BCUT2D eigenvalue weighted by Gasteiger charge is 2.21. The zero-order valence-electron chi connectivity index (χ0n) is 17.1. The van der Waals surface area contributed by atoms with Crippen LogP contribution in [0, 0.1) is 13.8 Å². The summed E-state index contributed by atoms with van der Waals surface area (Å²) in [7, 11) is 4.09. The van der Waals surface area contributed by atoms with Crippen LogP contribution in [-0.4, -0.2) is 45.1 Å². The highest BCUT2D eigenvalue weighted by molar-refractivity contribution is 5.66. The number of rotatable bonds is 5. The third kappa shape index (κ3) is 3.38. The minimum absolute atomic E-state index is 0.243. The van der Waals surface area contributed by atoms with Crippen LogP contribution in [0.4, 0.5) is 0 Å². The van der Waals surface area contributed by atoms with Crippen LogP contribution in [0.1, 0.15) is 35.5 Å². The molecule has 7 heteroatoms. The van der Waals surface area contributed by atoms with Crippen LogP contribution in [0.15, 0.2) is 24.4 Å². The van der Waals surface area contributed by atoms with Crippen LogP contribution in [0.5, 0.6) is 11.5 Å². The van der Waals surface area contributed by atoms with Crippen molar-refractivity contribution in [3.63, 3.8) is 0 Å². The predicted molar refractivity (Wildman–Crippen MR) is 108 cm³/mol. The first-order valence-corrected chi connectivity index (χ1v) is 9.58. The van der Waals surface area contributed by atoms with Gasteiger partial charge in [0.05, 0.1) is 11.4 Å². The average molecular weight is 381 g/mol. The number of hydrogen-bond acceptors (Lipinski definition) is 5. The Morgan fingerprint density at radius 3 is 2.68 bits per heavy atom. The molecule has 4 rings (SSSR count). The van der Waals surface area contributed by atoms with Crippen LogP contribution in [-0.2, 0) is 13.6 Å². The van der Waals surface area contributed by atoms with Gasteiger partial charge in [0.25, 0.3) is 0 Å². The van der Waals surface area contributed by atoms with E-state index in [4.69, 9.17) is 14.6 Å². The van der Waals surface area contributed by atoms with E-state index in [1.807, 2.05) is 36.9 Å². The Morgan fingerprint density at radius 1 is 1.21 bits per heavy atom. The van der Waals surface area contributed by atoms with Crippen LogP contribution < -0.4 is 9.47 Å². The molecule has 7 nitrogen and oxygen atoms in total. The number of aromatic amines is 1. The van der Waals surface area contributed by atoms with E-state index in [9.17, 15) is 0 Å². The molecule has 1 aliphatic heterocycles. The van der Waals surface area contributed by atoms with Crippen LogP contribution in [0.25, 0.3) is 11.3 Å². The SMILES string of the molecule is Cc1n[nH]c(C)c1[C@H](C)N(C)Cc1cn(C)nc1-c1ccc2c(c1)OCCO2. The second kappa shape index (κ2) is 7.31. The van der Waals surface area contributed by atoms with Crippen LogP contribution in [0.2, 0.25) is 0 Å². The lowest BCUT2D eigenvalue weighted by Crippen LogP contribution is -2.23. The van der Waals surface area contributed by atoms with Crippen molar-refractivity contribution in [1.82, 2.24) is 24.9 Å². The maximum Gasteiger partial charge on any atom is 0.162 e. The Hall–Kier alpha value is -2.80. The van der Waals surface area contributed by atoms with E-state index in [-0.39, 0.29) is 6.04 Å². The van der Waals surface area contributed by atoms with E-state index in [0.717, 1.165) is 40.7 Å².